The fourth-order valence-electron chi connectivity index (χ4n) is 0.553. The Morgan fingerprint density at radius 1 is 0.588 bits per heavy atom. The second kappa shape index (κ2) is 5.21. The first-order valence-electron chi connectivity index (χ1n) is 3.52. The van der Waals surface area contributed by atoms with Crippen molar-refractivity contribution in [2.75, 3.05) is 0 Å². The first-order valence-corrected chi connectivity index (χ1v) is 3.52. The average Bonchev–Trinajstić information content (AvgIpc) is 1.95. The average molecular weight is 254 g/mol. The Labute approximate surface area is 92.1 Å². The van der Waals surface area contributed by atoms with E-state index in [1.165, 1.54) is 0 Å². The van der Waals surface area contributed by atoms with Crippen LogP contribution in [0.15, 0.2) is 0 Å². The maximum atomic E-state index is 10.4. The summed E-state index contributed by atoms with van der Waals surface area (Å²) in [4.78, 5) is 57.3. The highest BCUT2D eigenvalue weighted by Gasteiger charge is 2.51. The lowest BCUT2D eigenvalue weighted by molar-refractivity contribution is -1.44. The Balaban J connectivity index is 5.16. The molecule has 0 spiro atoms. The number of carbonyl (C=O) groups is 4. The van der Waals surface area contributed by atoms with Crippen molar-refractivity contribution in [1.82, 2.24) is 0 Å². The lowest BCUT2D eigenvalue weighted by Crippen LogP contribution is -2.55. The van der Waals surface area contributed by atoms with E-state index in [9.17, 15) is 19.2 Å². The third-order valence-electron chi connectivity index (χ3n) is 0.807. The number of primary amides is 4. The van der Waals surface area contributed by atoms with Gasteiger partial charge in [0.15, 0.2) is 0 Å². The maximum absolute atomic E-state index is 10.4. The zero-order valence-corrected chi connectivity index (χ0v) is 8.02. The van der Waals surface area contributed by atoms with Gasteiger partial charge in [-0.1, -0.05) is 0 Å². The SMILES string of the molecule is NC(=O)O[N+](OC(N)=O)(OC(N)=O)OC(N)=O. The molecule has 0 atom stereocenters. The summed E-state index contributed by atoms with van der Waals surface area (Å²) in [5.74, 6) is 0. The smallest absolute Gasteiger partial charge is 0.330 e. The molecular formula is C4H8N5O8+. The standard InChI is InChI=1S/C4H7N5O8/c5-1(10)14-9(15-2(6)11,16-3(7)12)17-4(8)13/h(H7-,5,6,7,8,10,11,12,13)/p+1. The summed E-state index contributed by atoms with van der Waals surface area (Å²) in [6.45, 7) is 0. The fraction of sp³-hybridized carbons (Fsp3) is 0. The quantitative estimate of drug-likeness (QED) is 0.319. The summed E-state index contributed by atoms with van der Waals surface area (Å²) in [7, 11) is 0. The van der Waals surface area contributed by atoms with E-state index < -0.39 is 29.5 Å². The lowest BCUT2D eigenvalue weighted by Gasteiger charge is -2.18. The minimum absolute atomic E-state index is 1.67. The molecule has 17 heavy (non-hydrogen) atoms. The Bertz CT molecular complexity index is 284. The number of rotatable bonds is 4. The number of hydrogen-bond acceptors (Lipinski definition) is 8. The molecule has 0 aromatic heterocycles. The zero-order chi connectivity index (χ0) is 13.6. The van der Waals surface area contributed by atoms with Gasteiger partial charge in [-0.2, -0.15) is 0 Å². The zero-order valence-electron chi connectivity index (χ0n) is 8.02. The van der Waals surface area contributed by atoms with E-state index in [2.05, 4.69) is 42.3 Å². The highest BCUT2D eigenvalue weighted by atomic mass is 17.4. The van der Waals surface area contributed by atoms with Gasteiger partial charge in [-0.25, -0.2) is 19.2 Å². The summed E-state index contributed by atoms with van der Waals surface area (Å²) >= 11 is 0. The van der Waals surface area contributed by atoms with E-state index >= 15 is 0 Å². The predicted molar refractivity (Wildman–Crippen MR) is 42.9 cm³/mol. The monoisotopic (exact) mass is 254 g/mol. The molecule has 0 saturated heterocycles. The van der Waals surface area contributed by atoms with Crippen LogP contribution in [0.1, 0.15) is 0 Å². The van der Waals surface area contributed by atoms with E-state index in [1.54, 1.807) is 0 Å². The number of quaternary nitrogens is 1. The van der Waals surface area contributed by atoms with Crippen LogP contribution in [-0.4, -0.2) is 29.5 Å². The summed E-state index contributed by atoms with van der Waals surface area (Å²) in [6, 6.07) is 0. The van der Waals surface area contributed by atoms with Crippen LogP contribution < -0.4 is 22.9 Å². The Kier molecular flexibility index (Phi) is 4.31. The number of amides is 4. The van der Waals surface area contributed by atoms with Crippen molar-refractivity contribution in [2.45, 2.75) is 0 Å². The molecular weight excluding hydrogens is 246 g/mol. The van der Waals surface area contributed by atoms with E-state index in [0.717, 1.165) is 0 Å². The summed E-state index contributed by atoms with van der Waals surface area (Å²) in [6.07, 6.45) is -6.69. The van der Waals surface area contributed by atoms with Crippen LogP contribution in [0.5, 0.6) is 0 Å². The summed E-state index contributed by atoms with van der Waals surface area (Å²) < 4.78 is 0. The van der Waals surface area contributed by atoms with Crippen molar-refractivity contribution in [3.63, 3.8) is 0 Å². The van der Waals surface area contributed by atoms with Crippen molar-refractivity contribution < 1.29 is 43.7 Å². The van der Waals surface area contributed by atoms with Crippen LogP contribution in [-0.2, 0) is 19.4 Å². The molecule has 0 aromatic rings. The molecule has 0 fully saturated rings. The largest absolute Gasteiger partial charge is 0.476 e. The third-order valence-corrected chi connectivity index (χ3v) is 0.807. The van der Waals surface area contributed by atoms with Crippen LogP contribution in [0.2, 0.25) is 0 Å². The molecule has 0 aromatic carbocycles. The molecule has 0 bridgehead atoms. The molecule has 13 nitrogen and oxygen atoms in total. The van der Waals surface area contributed by atoms with Gasteiger partial charge in [-0.05, 0) is 0 Å². The minimum Gasteiger partial charge on any atom is -0.330 e. The molecule has 8 N–H and O–H groups in total. The second-order valence-corrected chi connectivity index (χ2v) is 2.09. The van der Waals surface area contributed by atoms with Crippen molar-refractivity contribution >= 4 is 24.4 Å². The van der Waals surface area contributed by atoms with E-state index in [0.29, 0.717) is 0 Å². The van der Waals surface area contributed by atoms with Gasteiger partial charge in [0.2, 0.25) is 0 Å². The van der Waals surface area contributed by atoms with Gasteiger partial charge in [0.25, 0.3) is 0 Å². The van der Waals surface area contributed by atoms with Crippen LogP contribution >= 0.6 is 0 Å². The Hall–Kier alpha value is -2.96. The highest BCUT2D eigenvalue weighted by molar-refractivity contribution is 5.67. The number of carbonyl (C=O) groups excluding carboxylic acids is 4. The van der Waals surface area contributed by atoms with Gasteiger partial charge < -0.3 is 22.9 Å². The van der Waals surface area contributed by atoms with Crippen LogP contribution in [0, 0.1) is 0 Å². The number of nitrogens with two attached hydrogens (primary N) is 4. The molecule has 0 aliphatic heterocycles. The van der Waals surface area contributed by atoms with Gasteiger partial charge in [0, 0.05) is 0 Å². The fourth-order valence-corrected chi connectivity index (χ4v) is 0.553. The minimum atomic E-state index is -2.57. The second-order valence-electron chi connectivity index (χ2n) is 2.09. The topological polar surface area (TPSA) is 209 Å². The third kappa shape index (κ3) is 5.47. The Morgan fingerprint density at radius 2 is 0.765 bits per heavy atom. The summed E-state index contributed by atoms with van der Waals surface area (Å²) in [5.41, 5.74) is 18.1. The van der Waals surface area contributed by atoms with E-state index in [1.807, 2.05) is 0 Å². The van der Waals surface area contributed by atoms with Crippen molar-refractivity contribution in [2.24, 2.45) is 22.9 Å². The maximum Gasteiger partial charge on any atom is 0.476 e. The van der Waals surface area contributed by atoms with Crippen molar-refractivity contribution in [1.29, 1.82) is 0 Å². The Morgan fingerprint density at radius 3 is 0.882 bits per heavy atom. The summed E-state index contributed by atoms with van der Waals surface area (Å²) in [5, 5.41) is -2.57. The molecule has 0 rings (SSSR count). The van der Waals surface area contributed by atoms with Gasteiger partial charge >= 0.3 is 29.5 Å². The first kappa shape index (κ1) is 14.0. The van der Waals surface area contributed by atoms with Crippen LogP contribution in [0.4, 0.5) is 19.2 Å². The van der Waals surface area contributed by atoms with Crippen LogP contribution in [0.25, 0.3) is 0 Å². The molecule has 0 heterocycles. The highest BCUT2D eigenvalue weighted by Crippen LogP contribution is 2.13. The van der Waals surface area contributed by atoms with Gasteiger partial charge in [0.05, 0.1) is 0 Å². The normalized spacial score (nSPS) is 9.88. The van der Waals surface area contributed by atoms with Gasteiger partial charge in [-0.3, -0.25) is 0 Å². The van der Waals surface area contributed by atoms with Crippen molar-refractivity contribution in [3.05, 3.63) is 0 Å². The van der Waals surface area contributed by atoms with Crippen molar-refractivity contribution in [3.8, 4) is 0 Å². The van der Waals surface area contributed by atoms with Crippen LogP contribution in [0.3, 0.4) is 0 Å². The van der Waals surface area contributed by atoms with E-state index in [-0.39, 0.29) is 0 Å². The van der Waals surface area contributed by atoms with Gasteiger partial charge in [-0.15, -0.1) is 19.4 Å². The molecule has 0 aliphatic carbocycles. The molecule has 0 unspecified atom stereocenters. The molecule has 0 radical (unpaired) electrons. The number of nitrogens with zero attached hydrogens (tertiary/aromatic N) is 1. The lowest BCUT2D eigenvalue weighted by atomic mass is 11.2. The van der Waals surface area contributed by atoms with E-state index in [4.69, 9.17) is 0 Å². The predicted octanol–water partition coefficient (Wildman–Crippen LogP) is -2.16. The molecule has 13 heteroatoms. The molecule has 4 amide bonds. The van der Waals surface area contributed by atoms with Gasteiger partial charge in [0.1, 0.15) is 0 Å². The first-order chi connectivity index (χ1) is 7.67. The molecule has 0 saturated carbocycles. The molecule has 96 valence electrons. The molecule has 0 aliphatic rings. The number of hydrogen-bond donors (Lipinski definition) is 4.